The average Bonchev–Trinajstić information content (AvgIpc) is 3.14. The summed E-state index contributed by atoms with van der Waals surface area (Å²) in [6.45, 7) is 8.78. The summed E-state index contributed by atoms with van der Waals surface area (Å²) in [6, 6.07) is -0.341. The first-order chi connectivity index (χ1) is 11.3. The fourth-order valence-corrected chi connectivity index (χ4v) is 4.48. The maximum Gasteiger partial charge on any atom is 0.243 e. The largest absolute Gasteiger partial charge is 0.354 e. The van der Waals surface area contributed by atoms with Gasteiger partial charge in [-0.25, -0.2) is 4.98 Å². The summed E-state index contributed by atoms with van der Waals surface area (Å²) in [4.78, 5) is 31.1. The van der Waals surface area contributed by atoms with Gasteiger partial charge >= 0.3 is 0 Å². The molecule has 7 heteroatoms. The Morgan fingerprint density at radius 1 is 1.42 bits per heavy atom. The minimum atomic E-state index is -0.341. The number of hydrogen-bond donors (Lipinski definition) is 1. The van der Waals surface area contributed by atoms with Gasteiger partial charge in [0.1, 0.15) is 6.04 Å². The van der Waals surface area contributed by atoms with Crippen molar-refractivity contribution in [1.29, 1.82) is 0 Å². The highest BCUT2D eigenvalue weighted by molar-refractivity contribution is 7.99. The van der Waals surface area contributed by atoms with E-state index in [1.54, 1.807) is 28.0 Å². The van der Waals surface area contributed by atoms with Crippen molar-refractivity contribution in [3.8, 4) is 0 Å². The number of aromatic nitrogens is 1. The van der Waals surface area contributed by atoms with Crippen LogP contribution in [0, 0.1) is 5.41 Å². The van der Waals surface area contributed by atoms with E-state index >= 15 is 0 Å². The summed E-state index contributed by atoms with van der Waals surface area (Å²) in [6.07, 6.45) is 2.15. The van der Waals surface area contributed by atoms with Crippen LogP contribution in [0.4, 0.5) is 0 Å². The fraction of sp³-hybridized carbons (Fsp3) is 0.706. The molecule has 1 saturated heterocycles. The molecule has 1 fully saturated rings. The quantitative estimate of drug-likeness (QED) is 0.837. The first-order valence-electron chi connectivity index (χ1n) is 8.38. The topological polar surface area (TPSA) is 62.3 Å². The number of thiazole rings is 1. The maximum absolute atomic E-state index is 12.4. The lowest BCUT2D eigenvalue weighted by molar-refractivity contribution is -0.139. The summed E-state index contributed by atoms with van der Waals surface area (Å²) in [7, 11) is 0. The van der Waals surface area contributed by atoms with E-state index in [9.17, 15) is 9.59 Å². The molecule has 1 unspecified atom stereocenters. The van der Waals surface area contributed by atoms with Crippen LogP contribution in [0.15, 0.2) is 5.38 Å². The van der Waals surface area contributed by atoms with Gasteiger partial charge in [-0.1, -0.05) is 27.7 Å². The van der Waals surface area contributed by atoms with Crippen molar-refractivity contribution in [2.75, 3.05) is 18.2 Å². The molecule has 2 amide bonds. The molecule has 2 heterocycles. The van der Waals surface area contributed by atoms with Crippen LogP contribution >= 0.6 is 23.1 Å². The van der Waals surface area contributed by atoms with Gasteiger partial charge in [-0.05, 0) is 11.8 Å². The minimum Gasteiger partial charge on any atom is -0.354 e. The molecule has 5 nitrogen and oxygen atoms in total. The first kappa shape index (κ1) is 19.2. The number of aryl methyl sites for hydroxylation is 1. The molecular weight excluding hydrogens is 342 g/mol. The van der Waals surface area contributed by atoms with E-state index in [0.717, 1.165) is 23.5 Å². The number of rotatable bonds is 6. The van der Waals surface area contributed by atoms with Crippen LogP contribution in [0.1, 0.15) is 44.8 Å². The summed E-state index contributed by atoms with van der Waals surface area (Å²) in [5.74, 6) is 1.31. The van der Waals surface area contributed by atoms with Gasteiger partial charge in [0.05, 0.1) is 16.6 Å². The molecule has 1 aliphatic heterocycles. The Balaban J connectivity index is 1.83. The highest BCUT2D eigenvalue weighted by Crippen LogP contribution is 2.26. The predicted molar refractivity (Wildman–Crippen MR) is 100 cm³/mol. The van der Waals surface area contributed by atoms with E-state index in [1.807, 2.05) is 20.8 Å². The lowest BCUT2D eigenvalue weighted by Crippen LogP contribution is -2.48. The second-order valence-electron chi connectivity index (χ2n) is 7.24. The molecule has 0 radical (unpaired) electrons. The number of nitrogens with zero attached hydrogens (tertiary/aromatic N) is 2. The van der Waals surface area contributed by atoms with Crippen LogP contribution in [0.3, 0.4) is 0 Å². The third-order valence-corrected chi connectivity index (χ3v) is 5.82. The Labute approximate surface area is 152 Å². The van der Waals surface area contributed by atoms with Gasteiger partial charge in [0.15, 0.2) is 0 Å². The molecule has 1 N–H and O–H groups in total. The lowest BCUT2D eigenvalue weighted by Gasteiger charge is -2.26. The molecule has 1 aromatic heterocycles. The number of nitrogens with one attached hydrogen (secondary N) is 1. The number of carbonyl (C=O) groups excluding carboxylic acids is 2. The van der Waals surface area contributed by atoms with E-state index in [2.05, 4.69) is 22.6 Å². The van der Waals surface area contributed by atoms with Gasteiger partial charge in [-0.3, -0.25) is 9.59 Å². The van der Waals surface area contributed by atoms with E-state index in [4.69, 9.17) is 0 Å². The SMILES string of the molecule is CCc1nc(CCNC(=O)C2CSCN2C(=O)CC(C)(C)C)cs1. The summed E-state index contributed by atoms with van der Waals surface area (Å²) < 4.78 is 0. The Morgan fingerprint density at radius 2 is 2.17 bits per heavy atom. The van der Waals surface area contributed by atoms with Gasteiger partial charge in [-0.2, -0.15) is 0 Å². The molecule has 0 aromatic carbocycles. The highest BCUT2D eigenvalue weighted by atomic mass is 32.2. The van der Waals surface area contributed by atoms with E-state index in [-0.39, 0.29) is 23.3 Å². The van der Waals surface area contributed by atoms with E-state index < -0.39 is 0 Å². The summed E-state index contributed by atoms with van der Waals surface area (Å²) in [5, 5.41) is 6.14. The molecule has 134 valence electrons. The molecule has 0 bridgehead atoms. The molecule has 1 aromatic rings. The van der Waals surface area contributed by atoms with Gasteiger partial charge < -0.3 is 10.2 Å². The minimum absolute atomic E-state index is 0.0480. The maximum atomic E-state index is 12.4. The number of carbonyl (C=O) groups is 2. The number of thioether (sulfide) groups is 1. The van der Waals surface area contributed by atoms with Crippen molar-refractivity contribution in [1.82, 2.24) is 15.2 Å². The monoisotopic (exact) mass is 369 g/mol. The van der Waals surface area contributed by atoms with Gasteiger partial charge in [0.25, 0.3) is 0 Å². The van der Waals surface area contributed by atoms with E-state index in [0.29, 0.717) is 24.6 Å². The highest BCUT2D eigenvalue weighted by Gasteiger charge is 2.35. The van der Waals surface area contributed by atoms with Crippen LogP contribution in [0.2, 0.25) is 0 Å². The molecule has 2 rings (SSSR count). The van der Waals surface area contributed by atoms with Crippen LogP contribution in [-0.2, 0) is 22.4 Å². The zero-order chi connectivity index (χ0) is 17.7. The second-order valence-corrected chi connectivity index (χ2v) is 9.19. The normalized spacial score (nSPS) is 18.0. The zero-order valence-electron chi connectivity index (χ0n) is 14.9. The Morgan fingerprint density at radius 3 is 2.79 bits per heavy atom. The number of hydrogen-bond acceptors (Lipinski definition) is 5. The Hall–Kier alpha value is -1.08. The molecule has 0 spiro atoms. The third-order valence-electron chi connectivity index (χ3n) is 3.77. The predicted octanol–water partition coefficient (Wildman–Crippen LogP) is 2.70. The van der Waals surface area contributed by atoms with Crippen molar-refractivity contribution >= 4 is 34.9 Å². The fourth-order valence-electron chi connectivity index (χ4n) is 2.52. The van der Waals surface area contributed by atoms with Crippen molar-refractivity contribution in [3.05, 3.63) is 16.1 Å². The second kappa shape index (κ2) is 8.34. The van der Waals surface area contributed by atoms with Gasteiger partial charge in [0, 0.05) is 30.5 Å². The van der Waals surface area contributed by atoms with Crippen molar-refractivity contribution in [3.63, 3.8) is 0 Å². The molecule has 1 aliphatic rings. The summed E-state index contributed by atoms with van der Waals surface area (Å²) >= 11 is 3.31. The van der Waals surface area contributed by atoms with Crippen LogP contribution in [0.5, 0.6) is 0 Å². The third kappa shape index (κ3) is 5.48. The first-order valence-corrected chi connectivity index (χ1v) is 10.4. The van der Waals surface area contributed by atoms with Crippen LogP contribution < -0.4 is 5.32 Å². The molecule has 0 aliphatic carbocycles. The Bertz CT molecular complexity index is 581. The van der Waals surface area contributed by atoms with Gasteiger partial charge in [0.2, 0.25) is 11.8 Å². The average molecular weight is 370 g/mol. The van der Waals surface area contributed by atoms with Crippen molar-refractivity contribution in [2.24, 2.45) is 5.41 Å². The molecule has 0 saturated carbocycles. The molecule has 24 heavy (non-hydrogen) atoms. The van der Waals surface area contributed by atoms with Crippen LogP contribution in [-0.4, -0.2) is 45.9 Å². The summed E-state index contributed by atoms with van der Waals surface area (Å²) in [5.41, 5.74) is 0.964. The zero-order valence-corrected chi connectivity index (χ0v) is 16.6. The van der Waals surface area contributed by atoms with Crippen molar-refractivity contribution in [2.45, 2.75) is 53.0 Å². The van der Waals surface area contributed by atoms with Crippen molar-refractivity contribution < 1.29 is 9.59 Å². The molecule has 1 atom stereocenters. The lowest BCUT2D eigenvalue weighted by atomic mass is 9.91. The standard InChI is InChI=1S/C17H27N3O2S2/c1-5-14-19-12(9-24-14)6-7-18-16(22)13-10-23-11-20(13)15(21)8-17(2,3)4/h9,13H,5-8,10-11H2,1-4H3,(H,18,22). The van der Waals surface area contributed by atoms with Crippen LogP contribution in [0.25, 0.3) is 0 Å². The number of amides is 2. The van der Waals surface area contributed by atoms with Gasteiger partial charge in [-0.15, -0.1) is 23.1 Å². The smallest absolute Gasteiger partial charge is 0.243 e. The Kier molecular flexibility index (Phi) is 6.69. The molecular formula is C17H27N3O2S2. The van der Waals surface area contributed by atoms with E-state index in [1.165, 1.54) is 0 Å².